The molecule has 0 aliphatic heterocycles. The molecule has 0 fully saturated rings. The van der Waals surface area contributed by atoms with Crippen LogP contribution in [0.5, 0.6) is 0 Å². The van der Waals surface area contributed by atoms with Crippen molar-refractivity contribution in [3.05, 3.63) is 64.2 Å². The Bertz CT molecular complexity index is 1180. The lowest BCUT2D eigenvalue weighted by atomic mass is 10.2. The van der Waals surface area contributed by atoms with E-state index in [9.17, 15) is 9.59 Å². The largest absolute Gasteiger partial charge is 0.310 e. The number of aryl methyl sites for hydroxylation is 2. The van der Waals surface area contributed by atoms with Crippen LogP contribution in [0.2, 0.25) is 0 Å². The summed E-state index contributed by atoms with van der Waals surface area (Å²) in [7, 11) is 0. The number of carbonyl (C=O) groups excluding carboxylic acids is 1. The van der Waals surface area contributed by atoms with Gasteiger partial charge in [-0.3, -0.25) is 9.59 Å². The summed E-state index contributed by atoms with van der Waals surface area (Å²) in [5.41, 5.74) is 2.47. The van der Waals surface area contributed by atoms with Gasteiger partial charge in [-0.15, -0.1) is 0 Å². The minimum Gasteiger partial charge on any atom is -0.310 e. The van der Waals surface area contributed by atoms with Crippen molar-refractivity contribution in [2.24, 2.45) is 0 Å². The molecule has 130 valence electrons. The van der Waals surface area contributed by atoms with Crippen molar-refractivity contribution in [3.8, 4) is 0 Å². The second-order valence-corrected chi connectivity index (χ2v) is 7.10. The second kappa shape index (κ2) is 6.68. The highest BCUT2D eigenvalue weighted by Gasteiger charge is 2.10. The van der Waals surface area contributed by atoms with Crippen LogP contribution in [0.3, 0.4) is 0 Å². The highest BCUT2D eigenvalue weighted by molar-refractivity contribution is 7.22. The van der Waals surface area contributed by atoms with E-state index in [4.69, 9.17) is 0 Å². The van der Waals surface area contributed by atoms with E-state index in [1.807, 2.05) is 31.2 Å². The van der Waals surface area contributed by atoms with Gasteiger partial charge in [0.05, 0.1) is 21.1 Å². The van der Waals surface area contributed by atoms with Crippen molar-refractivity contribution < 1.29 is 4.79 Å². The fourth-order valence-electron chi connectivity index (χ4n) is 2.75. The molecule has 2 aromatic carbocycles. The highest BCUT2D eigenvalue weighted by atomic mass is 32.1. The number of nitrogens with zero attached hydrogens (tertiary/aromatic N) is 2. The zero-order valence-electron chi connectivity index (χ0n) is 14.1. The predicted octanol–water partition coefficient (Wildman–Crippen LogP) is 3.41. The first kappa shape index (κ1) is 16.4. The van der Waals surface area contributed by atoms with Crippen LogP contribution >= 0.6 is 11.3 Å². The lowest BCUT2D eigenvalue weighted by molar-refractivity contribution is -0.116. The van der Waals surface area contributed by atoms with E-state index in [0.29, 0.717) is 28.3 Å². The monoisotopic (exact) mass is 364 g/mol. The molecule has 4 rings (SSSR count). The molecule has 6 nitrogen and oxygen atoms in total. The molecule has 0 saturated heterocycles. The van der Waals surface area contributed by atoms with Crippen LogP contribution in [0.1, 0.15) is 17.8 Å². The maximum Gasteiger partial charge on any atom is 0.258 e. The van der Waals surface area contributed by atoms with E-state index < -0.39 is 0 Å². The number of rotatable bonds is 4. The van der Waals surface area contributed by atoms with Gasteiger partial charge in [0.25, 0.3) is 5.56 Å². The van der Waals surface area contributed by atoms with E-state index >= 15 is 0 Å². The number of thiazole rings is 1. The van der Waals surface area contributed by atoms with Crippen molar-refractivity contribution in [2.75, 3.05) is 5.32 Å². The van der Waals surface area contributed by atoms with Crippen molar-refractivity contribution in [1.82, 2.24) is 15.0 Å². The first-order valence-corrected chi connectivity index (χ1v) is 9.05. The number of hydrogen-bond acceptors (Lipinski definition) is 5. The maximum atomic E-state index is 12.2. The Kier molecular flexibility index (Phi) is 4.22. The third kappa shape index (κ3) is 3.34. The van der Waals surface area contributed by atoms with Crippen LogP contribution in [0.15, 0.2) is 47.3 Å². The number of H-pyrrole nitrogens is 1. The van der Waals surface area contributed by atoms with E-state index in [0.717, 1.165) is 15.8 Å². The van der Waals surface area contributed by atoms with Gasteiger partial charge in [0.15, 0.2) is 5.13 Å². The number of carbonyl (C=O) groups is 1. The average molecular weight is 364 g/mol. The van der Waals surface area contributed by atoms with Crippen LogP contribution in [-0.4, -0.2) is 20.9 Å². The van der Waals surface area contributed by atoms with Gasteiger partial charge in [-0.2, -0.15) is 0 Å². The number of aromatic nitrogens is 3. The summed E-state index contributed by atoms with van der Waals surface area (Å²) in [6, 6.07) is 13.1. The van der Waals surface area contributed by atoms with Gasteiger partial charge in [0.2, 0.25) is 5.91 Å². The number of anilines is 1. The molecule has 0 atom stereocenters. The van der Waals surface area contributed by atoms with E-state index in [-0.39, 0.29) is 17.9 Å². The Balaban J connectivity index is 1.45. The average Bonchev–Trinajstić information content (AvgIpc) is 3.01. The molecule has 0 unspecified atom stereocenters. The van der Waals surface area contributed by atoms with Crippen LogP contribution in [0.25, 0.3) is 21.1 Å². The molecule has 0 aliphatic rings. The van der Waals surface area contributed by atoms with Gasteiger partial charge < -0.3 is 10.3 Å². The molecule has 2 heterocycles. The Morgan fingerprint density at radius 3 is 2.88 bits per heavy atom. The van der Waals surface area contributed by atoms with E-state index in [1.165, 1.54) is 11.3 Å². The highest BCUT2D eigenvalue weighted by Crippen LogP contribution is 2.26. The molecule has 2 N–H and O–H groups in total. The molecule has 7 heteroatoms. The summed E-state index contributed by atoms with van der Waals surface area (Å²) in [4.78, 5) is 35.8. The van der Waals surface area contributed by atoms with Crippen molar-refractivity contribution >= 4 is 43.5 Å². The van der Waals surface area contributed by atoms with Crippen LogP contribution < -0.4 is 10.9 Å². The molecule has 0 spiro atoms. The Hall–Kier alpha value is -3.06. The number of nitrogens with one attached hydrogen (secondary N) is 2. The smallest absolute Gasteiger partial charge is 0.258 e. The normalized spacial score (nSPS) is 11.1. The third-order valence-corrected chi connectivity index (χ3v) is 4.97. The van der Waals surface area contributed by atoms with Crippen molar-refractivity contribution in [3.63, 3.8) is 0 Å². The van der Waals surface area contributed by atoms with Gasteiger partial charge in [-0.25, -0.2) is 9.97 Å². The van der Waals surface area contributed by atoms with Gasteiger partial charge in [0, 0.05) is 12.8 Å². The molecule has 0 aliphatic carbocycles. The molecule has 2 aromatic heterocycles. The molecule has 4 aromatic rings. The summed E-state index contributed by atoms with van der Waals surface area (Å²) in [5, 5.41) is 3.95. The summed E-state index contributed by atoms with van der Waals surface area (Å²) in [5.74, 6) is 0.348. The Morgan fingerprint density at radius 2 is 2.00 bits per heavy atom. The first-order valence-electron chi connectivity index (χ1n) is 8.23. The Labute approximate surface area is 152 Å². The number of para-hydroxylation sites is 1. The number of aromatic amines is 1. The Morgan fingerprint density at radius 1 is 1.15 bits per heavy atom. The summed E-state index contributed by atoms with van der Waals surface area (Å²) < 4.78 is 1.04. The maximum absolute atomic E-state index is 12.2. The number of fused-ring (bicyclic) bond motifs is 2. The molecular formula is C19H16N4O2S. The molecule has 1 amide bonds. The number of benzene rings is 2. The lowest BCUT2D eigenvalue weighted by Crippen LogP contribution is -2.16. The van der Waals surface area contributed by atoms with Gasteiger partial charge in [-0.1, -0.05) is 29.5 Å². The van der Waals surface area contributed by atoms with Gasteiger partial charge >= 0.3 is 0 Å². The summed E-state index contributed by atoms with van der Waals surface area (Å²) >= 11 is 1.45. The second-order valence-electron chi connectivity index (χ2n) is 6.07. The fraction of sp³-hybridized carbons (Fsp3) is 0.158. The van der Waals surface area contributed by atoms with Crippen LogP contribution in [-0.2, 0) is 11.2 Å². The van der Waals surface area contributed by atoms with Crippen LogP contribution in [0, 0.1) is 6.92 Å². The van der Waals surface area contributed by atoms with E-state index in [1.54, 1.807) is 18.2 Å². The van der Waals surface area contributed by atoms with Gasteiger partial charge in [-0.05, 0) is 36.8 Å². The zero-order chi connectivity index (χ0) is 18.1. The molecular weight excluding hydrogens is 348 g/mol. The predicted molar refractivity (Wildman–Crippen MR) is 104 cm³/mol. The summed E-state index contributed by atoms with van der Waals surface area (Å²) in [6.45, 7) is 2.02. The number of hydrogen-bond donors (Lipinski definition) is 2. The van der Waals surface area contributed by atoms with Gasteiger partial charge in [0.1, 0.15) is 5.82 Å². The van der Waals surface area contributed by atoms with Crippen LogP contribution in [0.4, 0.5) is 5.13 Å². The third-order valence-electron chi connectivity index (χ3n) is 4.04. The van der Waals surface area contributed by atoms with E-state index in [2.05, 4.69) is 20.3 Å². The standard InChI is InChI=1S/C19H16N4O2S/c1-11-6-7-14-15(10-11)26-19(21-14)23-17(24)9-8-16-20-13-5-3-2-4-12(13)18(25)22-16/h2-7,10H,8-9H2,1H3,(H,20,22,25)(H,21,23,24). The molecule has 26 heavy (non-hydrogen) atoms. The summed E-state index contributed by atoms with van der Waals surface area (Å²) in [6.07, 6.45) is 0.576. The lowest BCUT2D eigenvalue weighted by Gasteiger charge is -2.03. The minimum absolute atomic E-state index is 0.156. The minimum atomic E-state index is -0.187. The molecule has 0 bridgehead atoms. The fourth-order valence-corrected chi connectivity index (χ4v) is 3.73. The number of amides is 1. The quantitative estimate of drug-likeness (QED) is 0.581. The first-order chi connectivity index (χ1) is 12.6. The topological polar surface area (TPSA) is 87.7 Å². The molecule has 0 radical (unpaired) electrons. The molecule has 0 saturated carbocycles. The van der Waals surface area contributed by atoms with Crippen molar-refractivity contribution in [2.45, 2.75) is 19.8 Å². The zero-order valence-corrected chi connectivity index (χ0v) is 14.9. The SMILES string of the molecule is Cc1ccc2nc(NC(=O)CCc3nc4ccccc4c(=O)[nH]3)sc2c1. The van der Waals surface area contributed by atoms with Crippen molar-refractivity contribution in [1.29, 1.82) is 0 Å².